The van der Waals surface area contributed by atoms with Crippen molar-refractivity contribution in [2.24, 2.45) is 0 Å². The predicted molar refractivity (Wildman–Crippen MR) is 43.2 cm³/mol. The summed E-state index contributed by atoms with van der Waals surface area (Å²) in [4.78, 5) is 10.7. The summed E-state index contributed by atoms with van der Waals surface area (Å²) in [6, 6.07) is 0.297. The first-order valence-electron chi connectivity index (χ1n) is 3.59. The van der Waals surface area contributed by atoms with E-state index in [0.29, 0.717) is 6.04 Å². The number of alkyl halides is 1. The molecule has 0 radical (unpaired) electrons. The molecule has 0 spiro atoms. The van der Waals surface area contributed by atoms with Crippen molar-refractivity contribution >= 4 is 17.5 Å². The fourth-order valence-electron chi connectivity index (χ4n) is 0.759. The van der Waals surface area contributed by atoms with Crippen LogP contribution in [0, 0.1) is 0 Å². The molecule has 0 atom stereocenters. The largest absolute Gasteiger partial charge is 0.352 e. The lowest BCUT2D eigenvalue weighted by Crippen LogP contribution is -2.34. The summed E-state index contributed by atoms with van der Waals surface area (Å²) in [5.41, 5.74) is 0. The molecule has 0 saturated carbocycles. The molecule has 1 N–H and O–H groups in total. The van der Waals surface area contributed by atoms with Gasteiger partial charge in [-0.2, -0.15) is 0 Å². The smallest absolute Gasteiger partial charge is 0.235 e. The van der Waals surface area contributed by atoms with Crippen molar-refractivity contribution in [3.05, 3.63) is 0 Å². The second kappa shape index (κ2) is 5.54. The lowest BCUT2D eigenvalue weighted by Gasteiger charge is -2.12. The summed E-state index contributed by atoms with van der Waals surface area (Å²) in [5.74, 6) is -0.00776. The molecule has 0 fully saturated rings. The van der Waals surface area contributed by atoms with Crippen LogP contribution >= 0.6 is 11.6 Å². The molecule has 0 unspecified atom stereocenters. The Morgan fingerprint density at radius 1 is 1.50 bits per heavy atom. The van der Waals surface area contributed by atoms with Gasteiger partial charge in [-0.25, -0.2) is 0 Å². The summed E-state index contributed by atoms with van der Waals surface area (Å²) in [7, 11) is 0. The molecule has 2 nitrogen and oxygen atoms in total. The third-order valence-electron chi connectivity index (χ3n) is 1.47. The molecule has 0 aliphatic rings. The minimum Gasteiger partial charge on any atom is -0.352 e. The maximum atomic E-state index is 10.7. The van der Waals surface area contributed by atoms with Gasteiger partial charge in [-0.15, -0.1) is 11.6 Å². The summed E-state index contributed by atoms with van der Waals surface area (Å²) < 4.78 is 0. The third kappa shape index (κ3) is 3.72. The summed E-state index contributed by atoms with van der Waals surface area (Å²) in [6.07, 6.45) is 1.94. The van der Waals surface area contributed by atoms with Crippen LogP contribution in [0.4, 0.5) is 0 Å². The molecular formula is C7H14ClNO. The van der Waals surface area contributed by atoms with Gasteiger partial charge in [0.2, 0.25) is 5.91 Å². The van der Waals surface area contributed by atoms with Gasteiger partial charge in [0.15, 0.2) is 0 Å². The highest BCUT2D eigenvalue weighted by atomic mass is 35.5. The van der Waals surface area contributed by atoms with Crippen molar-refractivity contribution in [1.29, 1.82) is 0 Å². The Morgan fingerprint density at radius 3 is 2.30 bits per heavy atom. The molecule has 0 saturated heterocycles. The number of carbonyl (C=O) groups excluding carboxylic acids is 1. The Labute approximate surface area is 66.9 Å². The van der Waals surface area contributed by atoms with Crippen LogP contribution < -0.4 is 5.32 Å². The van der Waals surface area contributed by atoms with Crippen LogP contribution in [0.3, 0.4) is 0 Å². The molecule has 3 heteroatoms. The minimum atomic E-state index is -0.0737. The molecule has 0 aromatic rings. The van der Waals surface area contributed by atoms with Gasteiger partial charge in [-0.05, 0) is 12.8 Å². The van der Waals surface area contributed by atoms with Crippen molar-refractivity contribution in [3.8, 4) is 0 Å². The Kier molecular flexibility index (Phi) is 5.40. The second-order valence-electron chi connectivity index (χ2n) is 2.21. The molecule has 0 aliphatic carbocycles. The monoisotopic (exact) mass is 163 g/mol. The topological polar surface area (TPSA) is 29.1 Å². The van der Waals surface area contributed by atoms with E-state index >= 15 is 0 Å². The van der Waals surface area contributed by atoms with E-state index in [0.717, 1.165) is 12.8 Å². The number of carbonyl (C=O) groups is 1. The van der Waals surface area contributed by atoms with Gasteiger partial charge in [0, 0.05) is 6.04 Å². The van der Waals surface area contributed by atoms with E-state index in [4.69, 9.17) is 11.6 Å². The van der Waals surface area contributed by atoms with Gasteiger partial charge in [-0.1, -0.05) is 13.8 Å². The highest BCUT2D eigenvalue weighted by Gasteiger charge is 2.05. The molecule has 1 amide bonds. The fraction of sp³-hybridized carbons (Fsp3) is 0.857. The lowest BCUT2D eigenvalue weighted by atomic mass is 10.2. The SMILES string of the molecule is CCC(CC)NC(=O)CCl. The molecule has 60 valence electrons. The first-order chi connectivity index (χ1) is 4.74. The average molecular weight is 164 g/mol. The Hall–Kier alpha value is -0.240. The zero-order valence-corrected chi connectivity index (χ0v) is 7.24. The number of halogens is 1. The van der Waals surface area contributed by atoms with Gasteiger partial charge in [-0.3, -0.25) is 4.79 Å². The Morgan fingerprint density at radius 2 is 2.00 bits per heavy atom. The van der Waals surface area contributed by atoms with E-state index in [1.807, 2.05) is 13.8 Å². The van der Waals surface area contributed by atoms with Crippen LogP contribution in [0.15, 0.2) is 0 Å². The van der Waals surface area contributed by atoms with Gasteiger partial charge < -0.3 is 5.32 Å². The quantitative estimate of drug-likeness (QED) is 0.626. The number of rotatable bonds is 4. The Balaban J connectivity index is 3.52. The van der Waals surface area contributed by atoms with E-state index in [2.05, 4.69) is 5.32 Å². The summed E-state index contributed by atoms with van der Waals surface area (Å²) in [5, 5.41) is 2.80. The minimum absolute atomic E-state index is 0.0660. The lowest BCUT2D eigenvalue weighted by molar-refractivity contribution is -0.119. The van der Waals surface area contributed by atoms with Crippen molar-refractivity contribution in [3.63, 3.8) is 0 Å². The second-order valence-corrected chi connectivity index (χ2v) is 2.48. The zero-order valence-electron chi connectivity index (χ0n) is 6.48. The zero-order chi connectivity index (χ0) is 7.98. The van der Waals surface area contributed by atoms with Gasteiger partial charge in [0.1, 0.15) is 5.88 Å². The Bertz CT molecular complexity index is 102. The number of hydrogen-bond acceptors (Lipinski definition) is 1. The molecule has 10 heavy (non-hydrogen) atoms. The molecular weight excluding hydrogens is 150 g/mol. The molecule has 0 aromatic carbocycles. The van der Waals surface area contributed by atoms with Crippen LogP contribution in [0.2, 0.25) is 0 Å². The van der Waals surface area contributed by atoms with E-state index in [1.165, 1.54) is 0 Å². The molecule has 0 bridgehead atoms. The van der Waals surface area contributed by atoms with E-state index in [-0.39, 0.29) is 11.8 Å². The summed E-state index contributed by atoms with van der Waals surface area (Å²) >= 11 is 5.30. The van der Waals surface area contributed by atoms with Gasteiger partial charge in [0.05, 0.1) is 0 Å². The van der Waals surface area contributed by atoms with Crippen molar-refractivity contribution < 1.29 is 4.79 Å². The molecule has 0 aliphatic heterocycles. The first kappa shape index (κ1) is 9.76. The van der Waals surface area contributed by atoms with Crippen LogP contribution in [-0.4, -0.2) is 17.8 Å². The predicted octanol–water partition coefficient (Wildman–Crippen LogP) is 1.53. The van der Waals surface area contributed by atoms with Crippen molar-refractivity contribution in [2.75, 3.05) is 5.88 Å². The van der Waals surface area contributed by atoms with Crippen LogP contribution in [0.25, 0.3) is 0 Å². The maximum absolute atomic E-state index is 10.7. The average Bonchev–Trinajstić information content (AvgIpc) is 1.99. The number of hydrogen-bond donors (Lipinski definition) is 1. The molecule has 0 heterocycles. The fourth-order valence-corrected chi connectivity index (χ4v) is 0.836. The van der Waals surface area contributed by atoms with Gasteiger partial charge >= 0.3 is 0 Å². The third-order valence-corrected chi connectivity index (χ3v) is 1.71. The highest BCUT2D eigenvalue weighted by Crippen LogP contribution is 1.95. The normalized spacial score (nSPS) is 10.0. The van der Waals surface area contributed by atoms with E-state index in [9.17, 15) is 4.79 Å². The van der Waals surface area contributed by atoms with Gasteiger partial charge in [0.25, 0.3) is 0 Å². The van der Waals surface area contributed by atoms with Crippen molar-refractivity contribution in [2.45, 2.75) is 32.7 Å². The van der Waals surface area contributed by atoms with E-state index < -0.39 is 0 Å². The number of amides is 1. The number of nitrogens with one attached hydrogen (secondary N) is 1. The maximum Gasteiger partial charge on any atom is 0.235 e. The molecule has 0 rings (SSSR count). The van der Waals surface area contributed by atoms with Crippen molar-refractivity contribution in [1.82, 2.24) is 5.32 Å². The standard InChI is InChI=1S/C7H14ClNO/c1-3-6(4-2)9-7(10)5-8/h6H,3-5H2,1-2H3,(H,9,10). The van der Waals surface area contributed by atoms with Crippen LogP contribution in [-0.2, 0) is 4.79 Å². The van der Waals surface area contributed by atoms with Crippen LogP contribution in [0.5, 0.6) is 0 Å². The highest BCUT2D eigenvalue weighted by molar-refractivity contribution is 6.27. The first-order valence-corrected chi connectivity index (χ1v) is 4.13. The molecule has 0 aromatic heterocycles. The van der Waals surface area contributed by atoms with E-state index in [1.54, 1.807) is 0 Å². The summed E-state index contributed by atoms with van der Waals surface area (Å²) in [6.45, 7) is 4.09. The van der Waals surface area contributed by atoms with Crippen LogP contribution in [0.1, 0.15) is 26.7 Å².